The van der Waals surface area contributed by atoms with Gasteiger partial charge in [-0.25, -0.2) is 0 Å². The first-order valence-corrected chi connectivity index (χ1v) is 4.42. The summed E-state index contributed by atoms with van der Waals surface area (Å²) in [5.41, 5.74) is 0. The Morgan fingerprint density at radius 1 is 1.46 bits per heavy atom. The number of hydrogen-bond donors (Lipinski definition) is 1. The number of nitrogens with zero attached hydrogens (tertiary/aromatic N) is 2. The Balaban J connectivity index is 2.08. The molecule has 1 saturated heterocycles. The molecule has 0 saturated carbocycles. The Bertz CT molecular complexity index is 287. The Hall–Kier alpha value is -0.940. The van der Waals surface area contributed by atoms with Gasteiger partial charge in [-0.3, -0.25) is 0 Å². The summed E-state index contributed by atoms with van der Waals surface area (Å²) in [6.45, 7) is 5.44. The zero-order valence-corrected chi connectivity index (χ0v) is 7.78. The molecule has 1 aliphatic heterocycles. The van der Waals surface area contributed by atoms with Crippen LogP contribution in [0.1, 0.15) is 24.7 Å². The molecule has 0 amide bonds. The number of aryl methyl sites for hydroxylation is 1. The van der Waals surface area contributed by atoms with Crippen molar-refractivity contribution in [2.75, 3.05) is 13.1 Å². The molecule has 0 aliphatic carbocycles. The highest BCUT2D eigenvalue weighted by Crippen LogP contribution is 2.18. The molecule has 5 heteroatoms. The Morgan fingerprint density at radius 2 is 2.31 bits per heavy atom. The average Bonchev–Trinajstić information content (AvgIpc) is 2.52. The maximum Gasteiger partial charge on any atom is 0.257 e. The fourth-order valence-corrected chi connectivity index (χ4v) is 1.38. The summed E-state index contributed by atoms with van der Waals surface area (Å²) in [7, 11) is 0. The molecule has 2 rings (SSSR count). The summed E-state index contributed by atoms with van der Waals surface area (Å²) in [6, 6.07) is 0. The molecule has 1 N–H and O–H groups in total. The predicted molar refractivity (Wildman–Crippen MR) is 45.2 cm³/mol. The van der Waals surface area contributed by atoms with Crippen LogP contribution in [0.15, 0.2) is 4.52 Å². The lowest BCUT2D eigenvalue weighted by Gasteiger charge is -2.25. The predicted octanol–water partition coefficient (Wildman–Crippen LogP) is 0.427. The normalized spacial score (nSPS) is 29.1. The van der Waals surface area contributed by atoms with Crippen LogP contribution in [0.25, 0.3) is 0 Å². The van der Waals surface area contributed by atoms with Gasteiger partial charge in [0, 0.05) is 13.1 Å². The summed E-state index contributed by atoms with van der Waals surface area (Å²) < 4.78 is 10.7. The molecule has 13 heavy (non-hydrogen) atoms. The number of hydrogen-bond acceptors (Lipinski definition) is 5. The van der Waals surface area contributed by atoms with Gasteiger partial charge in [0.2, 0.25) is 0 Å². The van der Waals surface area contributed by atoms with E-state index in [9.17, 15) is 0 Å². The lowest BCUT2D eigenvalue weighted by atomic mass is 10.2. The van der Waals surface area contributed by atoms with Gasteiger partial charge in [0.25, 0.3) is 5.89 Å². The summed E-state index contributed by atoms with van der Waals surface area (Å²) in [4.78, 5) is 4.13. The van der Waals surface area contributed by atoms with Crippen LogP contribution >= 0.6 is 0 Å². The molecule has 0 spiro atoms. The highest BCUT2D eigenvalue weighted by atomic mass is 16.5. The van der Waals surface area contributed by atoms with E-state index in [-0.39, 0.29) is 12.2 Å². The standard InChI is InChI=1S/C8H13N3O2/c1-5-3-9-4-7(12-5)8-10-6(2)11-13-8/h5,7,9H,3-4H2,1-2H3/t5-,7?/m1/s1. The molecule has 2 heterocycles. The van der Waals surface area contributed by atoms with Crippen molar-refractivity contribution >= 4 is 0 Å². The molecule has 5 nitrogen and oxygen atoms in total. The minimum absolute atomic E-state index is 0.0926. The van der Waals surface area contributed by atoms with E-state index in [0.29, 0.717) is 11.7 Å². The molecule has 2 atom stereocenters. The molecule has 1 aliphatic rings. The Kier molecular flexibility index (Phi) is 2.28. The van der Waals surface area contributed by atoms with E-state index in [2.05, 4.69) is 15.5 Å². The van der Waals surface area contributed by atoms with Crippen molar-refractivity contribution in [1.82, 2.24) is 15.5 Å². The van der Waals surface area contributed by atoms with Crippen molar-refractivity contribution in [3.63, 3.8) is 0 Å². The molecule has 1 unspecified atom stereocenters. The summed E-state index contributed by atoms with van der Waals surface area (Å²) in [6.07, 6.45) is 0.107. The maximum atomic E-state index is 5.63. The van der Waals surface area contributed by atoms with Crippen molar-refractivity contribution < 1.29 is 9.26 Å². The highest BCUT2D eigenvalue weighted by molar-refractivity contribution is 4.91. The largest absolute Gasteiger partial charge is 0.363 e. The van der Waals surface area contributed by atoms with Crippen LogP contribution in [-0.2, 0) is 4.74 Å². The summed E-state index contributed by atoms with van der Waals surface area (Å²) >= 11 is 0. The second-order valence-electron chi connectivity index (χ2n) is 3.27. The van der Waals surface area contributed by atoms with Crippen molar-refractivity contribution in [3.8, 4) is 0 Å². The zero-order chi connectivity index (χ0) is 9.26. The third kappa shape index (κ3) is 1.87. The molecular weight excluding hydrogens is 170 g/mol. The molecule has 0 aromatic carbocycles. The van der Waals surface area contributed by atoms with Gasteiger partial charge in [0.05, 0.1) is 6.10 Å². The van der Waals surface area contributed by atoms with E-state index in [4.69, 9.17) is 9.26 Å². The average molecular weight is 183 g/mol. The van der Waals surface area contributed by atoms with Gasteiger partial charge in [-0.15, -0.1) is 0 Å². The first kappa shape index (κ1) is 8.65. The van der Waals surface area contributed by atoms with Gasteiger partial charge in [-0.05, 0) is 13.8 Å². The smallest absolute Gasteiger partial charge is 0.257 e. The number of morpholine rings is 1. The molecule has 1 fully saturated rings. The first-order chi connectivity index (χ1) is 6.25. The third-order valence-corrected chi connectivity index (χ3v) is 1.98. The van der Waals surface area contributed by atoms with Gasteiger partial charge < -0.3 is 14.6 Å². The highest BCUT2D eigenvalue weighted by Gasteiger charge is 2.24. The van der Waals surface area contributed by atoms with E-state index in [0.717, 1.165) is 13.1 Å². The zero-order valence-electron chi connectivity index (χ0n) is 7.78. The van der Waals surface area contributed by atoms with Crippen LogP contribution in [0.4, 0.5) is 0 Å². The third-order valence-electron chi connectivity index (χ3n) is 1.98. The van der Waals surface area contributed by atoms with Gasteiger partial charge in [0.15, 0.2) is 5.82 Å². The number of nitrogens with one attached hydrogen (secondary N) is 1. The van der Waals surface area contributed by atoms with E-state index >= 15 is 0 Å². The van der Waals surface area contributed by atoms with Crippen LogP contribution in [0, 0.1) is 6.92 Å². The Labute approximate surface area is 76.5 Å². The first-order valence-electron chi connectivity index (χ1n) is 4.42. The Morgan fingerprint density at radius 3 is 2.92 bits per heavy atom. The fourth-order valence-electron chi connectivity index (χ4n) is 1.38. The number of rotatable bonds is 1. The minimum Gasteiger partial charge on any atom is -0.363 e. The van der Waals surface area contributed by atoms with Crippen LogP contribution in [0.5, 0.6) is 0 Å². The molecule has 72 valence electrons. The second kappa shape index (κ2) is 3.43. The molecular formula is C8H13N3O2. The van der Waals surface area contributed by atoms with Gasteiger partial charge in [-0.1, -0.05) is 5.16 Å². The monoisotopic (exact) mass is 183 g/mol. The summed E-state index contributed by atoms with van der Waals surface area (Å²) in [5.74, 6) is 1.22. The second-order valence-corrected chi connectivity index (χ2v) is 3.27. The molecule has 0 radical (unpaired) electrons. The van der Waals surface area contributed by atoms with Crippen molar-refractivity contribution in [1.29, 1.82) is 0 Å². The lowest BCUT2D eigenvalue weighted by Crippen LogP contribution is -2.39. The molecule has 0 bridgehead atoms. The van der Waals surface area contributed by atoms with E-state index in [1.54, 1.807) is 6.92 Å². The van der Waals surface area contributed by atoms with Gasteiger partial charge in [0.1, 0.15) is 6.10 Å². The van der Waals surface area contributed by atoms with E-state index < -0.39 is 0 Å². The van der Waals surface area contributed by atoms with Crippen LogP contribution < -0.4 is 5.32 Å². The quantitative estimate of drug-likeness (QED) is 0.684. The van der Waals surface area contributed by atoms with E-state index in [1.807, 2.05) is 6.92 Å². The summed E-state index contributed by atoms with van der Waals surface area (Å²) in [5, 5.41) is 6.96. The lowest BCUT2D eigenvalue weighted by molar-refractivity contribution is -0.0438. The van der Waals surface area contributed by atoms with Crippen LogP contribution in [-0.4, -0.2) is 29.3 Å². The van der Waals surface area contributed by atoms with Gasteiger partial charge >= 0.3 is 0 Å². The molecule has 1 aromatic heterocycles. The van der Waals surface area contributed by atoms with Gasteiger partial charge in [-0.2, -0.15) is 4.98 Å². The van der Waals surface area contributed by atoms with E-state index in [1.165, 1.54) is 0 Å². The maximum absolute atomic E-state index is 5.63. The SMILES string of the molecule is Cc1noc(C2CNC[C@@H](C)O2)n1. The number of ether oxygens (including phenoxy) is 1. The van der Waals surface area contributed by atoms with Crippen LogP contribution in [0.3, 0.4) is 0 Å². The molecule has 1 aromatic rings. The van der Waals surface area contributed by atoms with Crippen molar-refractivity contribution in [2.24, 2.45) is 0 Å². The minimum atomic E-state index is -0.0926. The van der Waals surface area contributed by atoms with Crippen molar-refractivity contribution in [2.45, 2.75) is 26.1 Å². The number of aromatic nitrogens is 2. The topological polar surface area (TPSA) is 60.2 Å². The fraction of sp³-hybridized carbons (Fsp3) is 0.750. The van der Waals surface area contributed by atoms with Crippen molar-refractivity contribution in [3.05, 3.63) is 11.7 Å². The van der Waals surface area contributed by atoms with Crippen LogP contribution in [0.2, 0.25) is 0 Å².